The Morgan fingerprint density at radius 1 is 0.923 bits per heavy atom. The molecule has 0 saturated carbocycles. The van der Waals surface area contributed by atoms with Gasteiger partial charge in [-0.25, -0.2) is 8.42 Å². The Morgan fingerprint density at radius 2 is 1.58 bits per heavy atom. The molecule has 0 aliphatic carbocycles. The number of rotatable bonds is 5. The van der Waals surface area contributed by atoms with Crippen LogP contribution in [0.4, 0.5) is 5.69 Å². The minimum Gasteiger partial charge on any atom is -0.381 e. The molecule has 0 aromatic heterocycles. The van der Waals surface area contributed by atoms with Crippen LogP contribution in [0.25, 0.3) is 11.1 Å². The van der Waals surface area contributed by atoms with Crippen molar-refractivity contribution in [1.29, 1.82) is 5.26 Å². The number of benzene rings is 3. The molecule has 0 aliphatic heterocycles. The van der Waals surface area contributed by atoms with Gasteiger partial charge in [-0.1, -0.05) is 42.5 Å². The van der Waals surface area contributed by atoms with Gasteiger partial charge in [-0.2, -0.15) is 5.26 Å². The van der Waals surface area contributed by atoms with Crippen molar-refractivity contribution >= 4 is 15.5 Å². The molecule has 5 heteroatoms. The summed E-state index contributed by atoms with van der Waals surface area (Å²) in [4.78, 5) is 0.309. The van der Waals surface area contributed by atoms with Crippen LogP contribution in [0.3, 0.4) is 0 Å². The lowest BCUT2D eigenvalue weighted by atomic mass is 9.99. The van der Waals surface area contributed by atoms with E-state index in [-0.39, 0.29) is 0 Å². The summed E-state index contributed by atoms with van der Waals surface area (Å²) >= 11 is 0. The fourth-order valence-corrected chi connectivity index (χ4v) is 3.29. The molecule has 3 aromatic carbocycles. The monoisotopic (exact) mass is 362 g/mol. The average Bonchev–Trinajstić information content (AvgIpc) is 2.66. The Balaban J connectivity index is 1.69. The molecule has 0 heterocycles. The van der Waals surface area contributed by atoms with Crippen molar-refractivity contribution in [2.45, 2.75) is 11.4 Å². The maximum atomic E-state index is 11.5. The van der Waals surface area contributed by atoms with Gasteiger partial charge in [-0.15, -0.1) is 0 Å². The molecule has 0 saturated heterocycles. The van der Waals surface area contributed by atoms with E-state index in [0.29, 0.717) is 17.0 Å². The minimum atomic E-state index is -3.17. The smallest absolute Gasteiger partial charge is 0.175 e. The predicted molar refractivity (Wildman–Crippen MR) is 103 cm³/mol. The first-order chi connectivity index (χ1) is 12.5. The van der Waals surface area contributed by atoms with E-state index in [1.807, 2.05) is 48.5 Å². The highest BCUT2D eigenvalue weighted by Crippen LogP contribution is 2.24. The molecule has 0 aliphatic rings. The number of anilines is 1. The molecule has 1 N–H and O–H groups in total. The molecule has 4 nitrogen and oxygen atoms in total. The van der Waals surface area contributed by atoms with Gasteiger partial charge in [0, 0.05) is 18.5 Å². The summed E-state index contributed by atoms with van der Waals surface area (Å²) in [6, 6.07) is 24.5. The lowest BCUT2D eigenvalue weighted by Gasteiger charge is -2.09. The first-order valence-electron chi connectivity index (χ1n) is 8.10. The summed E-state index contributed by atoms with van der Waals surface area (Å²) in [5, 5.41) is 12.5. The zero-order valence-electron chi connectivity index (χ0n) is 14.3. The topological polar surface area (TPSA) is 70.0 Å². The largest absolute Gasteiger partial charge is 0.381 e. The van der Waals surface area contributed by atoms with Crippen LogP contribution in [0, 0.1) is 11.3 Å². The standard InChI is InChI=1S/C21H18N2O2S/c1-26(24,25)20-12-10-19(11-13-20)23-15-16-6-8-17(9-7-16)21-5-3-2-4-18(21)14-22/h2-13,23H,15H2,1H3. The SMILES string of the molecule is CS(=O)(=O)c1ccc(NCc2ccc(-c3ccccc3C#N)cc2)cc1. The first kappa shape index (κ1) is 17.7. The molecule has 0 atom stereocenters. The van der Waals surface area contributed by atoms with Crippen LogP contribution < -0.4 is 5.32 Å². The molecule has 0 fully saturated rings. The summed E-state index contributed by atoms with van der Waals surface area (Å²) < 4.78 is 23.0. The highest BCUT2D eigenvalue weighted by atomic mass is 32.2. The molecule has 0 spiro atoms. The Kier molecular flexibility index (Phi) is 5.06. The fourth-order valence-electron chi connectivity index (χ4n) is 2.66. The number of nitrogens with one attached hydrogen (secondary N) is 1. The zero-order chi connectivity index (χ0) is 18.6. The lowest BCUT2D eigenvalue weighted by Crippen LogP contribution is -2.01. The van der Waals surface area contributed by atoms with Crippen LogP contribution in [0.2, 0.25) is 0 Å². The van der Waals surface area contributed by atoms with E-state index in [1.165, 1.54) is 6.26 Å². The van der Waals surface area contributed by atoms with Gasteiger partial charge in [0.2, 0.25) is 0 Å². The van der Waals surface area contributed by atoms with E-state index in [2.05, 4.69) is 11.4 Å². The average molecular weight is 362 g/mol. The summed E-state index contributed by atoms with van der Waals surface area (Å²) in [6.07, 6.45) is 1.20. The van der Waals surface area contributed by atoms with Crippen LogP contribution in [-0.4, -0.2) is 14.7 Å². The molecule has 3 aromatic rings. The van der Waals surface area contributed by atoms with Crippen molar-refractivity contribution < 1.29 is 8.42 Å². The van der Waals surface area contributed by atoms with Crippen LogP contribution in [0.1, 0.15) is 11.1 Å². The lowest BCUT2D eigenvalue weighted by molar-refractivity contribution is 0.602. The number of sulfone groups is 1. The molecule has 26 heavy (non-hydrogen) atoms. The summed E-state index contributed by atoms with van der Waals surface area (Å²) in [5.74, 6) is 0. The third-order valence-corrected chi connectivity index (χ3v) is 5.22. The van der Waals surface area contributed by atoms with Crippen molar-refractivity contribution in [3.63, 3.8) is 0 Å². The maximum Gasteiger partial charge on any atom is 0.175 e. The second kappa shape index (κ2) is 7.42. The molecule has 0 amide bonds. The Morgan fingerprint density at radius 3 is 2.19 bits per heavy atom. The van der Waals surface area contributed by atoms with Gasteiger partial charge in [0.15, 0.2) is 9.84 Å². The quantitative estimate of drug-likeness (QED) is 0.737. The molecule has 0 radical (unpaired) electrons. The van der Waals surface area contributed by atoms with Crippen molar-refractivity contribution in [3.05, 3.63) is 83.9 Å². The third-order valence-electron chi connectivity index (χ3n) is 4.09. The van der Waals surface area contributed by atoms with Crippen LogP contribution in [0.5, 0.6) is 0 Å². The van der Waals surface area contributed by atoms with E-state index in [0.717, 1.165) is 22.4 Å². The van der Waals surface area contributed by atoms with E-state index < -0.39 is 9.84 Å². The predicted octanol–water partition coefficient (Wildman–Crippen LogP) is 4.24. The van der Waals surface area contributed by atoms with E-state index in [9.17, 15) is 13.7 Å². The van der Waals surface area contributed by atoms with Crippen LogP contribution in [-0.2, 0) is 16.4 Å². The van der Waals surface area contributed by atoms with Crippen molar-refractivity contribution in [2.24, 2.45) is 0 Å². The second-order valence-corrected chi connectivity index (χ2v) is 8.02. The fraction of sp³-hybridized carbons (Fsp3) is 0.0952. The Bertz CT molecular complexity index is 1050. The summed E-state index contributed by atoms with van der Waals surface area (Å²) in [5.41, 5.74) is 4.53. The minimum absolute atomic E-state index is 0.309. The van der Waals surface area contributed by atoms with Crippen molar-refractivity contribution in [2.75, 3.05) is 11.6 Å². The summed E-state index contributed by atoms with van der Waals surface area (Å²) in [6.45, 7) is 0.623. The van der Waals surface area contributed by atoms with Gasteiger partial charge < -0.3 is 5.32 Å². The molecule has 130 valence electrons. The van der Waals surface area contributed by atoms with Gasteiger partial charge in [-0.3, -0.25) is 0 Å². The molecule has 0 unspecified atom stereocenters. The van der Waals surface area contributed by atoms with Crippen LogP contribution >= 0.6 is 0 Å². The molecular weight excluding hydrogens is 344 g/mol. The first-order valence-corrected chi connectivity index (χ1v) is 9.99. The maximum absolute atomic E-state index is 11.5. The Hall–Kier alpha value is -3.10. The number of nitriles is 1. The van der Waals surface area contributed by atoms with Gasteiger partial charge in [-0.05, 0) is 47.0 Å². The van der Waals surface area contributed by atoms with Gasteiger partial charge in [0.1, 0.15) is 0 Å². The summed E-state index contributed by atoms with van der Waals surface area (Å²) in [7, 11) is -3.17. The highest BCUT2D eigenvalue weighted by Gasteiger charge is 2.06. The number of nitrogens with zero attached hydrogens (tertiary/aromatic N) is 1. The third kappa shape index (κ3) is 4.11. The Labute approximate surface area is 153 Å². The van der Waals surface area contributed by atoms with Crippen molar-refractivity contribution in [1.82, 2.24) is 0 Å². The van der Waals surface area contributed by atoms with E-state index >= 15 is 0 Å². The van der Waals surface area contributed by atoms with Crippen LogP contribution in [0.15, 0.2) is 77.7 Å². The molecule has 3 rings (SSSR count). The van der Waals surface area contributed by atoms with Gasteiger partial charge >= 0.3 is 0 Å². The second-order valence-electron chi connectivity index (χ2n) is 6.00. The molecular formula is C21H18N2O2S. The zero-order valence-corrected chi connectivity index (χ0v) is 15.1. The number of hydrogen-bond donors (Lipinski definition) is 1. The molecule has 0 bridgehead atoms. The van der Waals surface area contributed by atoms with Gasteiger partial charge in [0.25, 0.3) is 0 Å². The van der Waals surface area contributed by atoms with Gasteiger partial charge in [0.05, 0.1) is 16.5 Å². The van der Waals surface area contributed by atoms with Crippen molar-refractivity contribution in [3.8, 4) is 17.2 Å². The van der Waals surface area contributed by atoms with E-state index in [1.54, 1.807) is 24.3 Å². The normalized spacial score (nSPS) is 10.9. The van der Waals surface area contributed by atoms with E-state index in [4.69, 9.17) is 0 Å². The number of hydrogen-bond acceptors (Lipinski definition) is 4. The highest BCUT2D eigenvalue weighted by molar-refractivity contribution is 7.90.